The summed E-state index contributed by atoms with van der Waals surface area (Å²) >= 11 is 0. The van der Waals surface area contributed by atoms with Gasteiger partial charge in [-0.15, -0.1) is 0 Å². The first-order chi connectivity index (χ1) is 13.7. The predicted molar refractivity (Wildman–Crippen MR) is 103 cm³/mol. The molecule has 2 aromatic heterocycles. The Morgan fingerprint density at radius 1 is 1.14 bits per heavy atom. The summed E-state index contributed by atoms with van der Waals surface area (Å²) < 4.78 is 0. The van der Waals surface area contributed by atoms with Crippen LogP contribution in [0.2, 0.25) is 0 Å². The van der Waals surface area contributed by atoms with Gasteiger partial charge in [0, 0.05) is 50.7 Å². The molecule has 4 rings (SSSR count). The van der Waals surface area contributed by atoms with Crippen molar-refractivity contribution in [1.29, 1.82) is 0 Å². The number of carbonyl (C=O) groups excluding carboxylic acids is 2. The van der Waals surface area contributed by atoms with Crippen LogP contribution >= 0.6 is 0 Å². The Hall–Kier alpha value is -3.03. The maximum absolute atomic E-state index is 12.7. The molecule has 2 aromatic rings. The van der Waals surface area contributed by atoms with Crippen molar-refractivity contribution in [2.45, 2.75) is 31.8 Å². The van der Waals surface area contributed by atoms with E-state index in [0.717, 1.165) is 37.4 Å². The van der Waals surface area contributed by atoms with Gasteiger partial charge in [-0.2, -0.15) is 0 Å². The lowest BCUT2D eigenvalue weighted by Gasteiger charge is -2.33. The summed E-state index contributed by atoms with van der Waals surface area (Å²) in [6, 6.07) is 5.79. The second kappa shape index (κ2) is 8.33. The van der Waals surface area contributed by atoms with Crippen LogP contribution in [0.3, 0.4) is 0 Å². The summed E-state index contributed by atoms with van der Waals surface area (Å²) in [5.41, 5.74) is 0.841. The van der Waals surface area contributed by atoms with Gasteiger partial charge in [0.1, 0.15) is 5.82 Å². The third-order valence-electron chi connectivity index (χ3n) is 5.38. The Kier molecular flexibility index (Phi) is 5.45. The standard InChI is InChI=1S/C20H24N6O2/c27-19-11-15(13-26(19)14-17-3-1-2-6-22-17)20(28)24-16-4-9-25(10-5-16)18-12-21-7-8-23-18/h1-3,6-8,12,15-16H,4-5,9-11,13-14H2,(H,24,28)/t15-/m1/s1. The quantitative estimate of drug-likeness (QED) is 0.832. The minimum absolute atomic E-state index is 0.0169. The lowest BCUT2D eigenvalue weighted by molar-refractivity contribution is -0.129. The molecule has 4 heterocycles. The maximum atomic E-state index is 12.7. The van der Waals surface area contributed by atoms with Crippen molar-refractivity contribution in [2.75, 3.05) is 24.5 Å². The van der Waals surface area contributed by atoms with Gasteiger partial charge in [0.05, 0.1) is 24.4 Å². The predicted octanol–water partition coefficient (Wildman–Crippen LogP) is 1.01. The van der Waals surface area contributed by atoms with E-state index in [4.69, 9.17) is 0 Å². The molecule has 0 radical (unpaired) electrons. The molecule has 1 N–H and O–H groups in total. The minimum Gasteiger partial charge on any atom is -0.355 e. The van der Waals surface area contributed by atoms with E-state index in [0.29, 0.717) is 13.1 Å². The third kappa shape index (κ3) is 4.27. The number of carbonyl (C=O) groups is 2. The second-order valence-corrected chi connectivity index (χ2v) is 7.33. The Bertz CT molecular complexity index is 808. The molecule has 0 aliphatic carbocycles. The van der Waals surface area contributed by atoms with E-state index in [1.807, 2.05) is 18.2 Å². The molecule has 8 heteroatoms. The fourth-order valence-electron chi connectivity index (χ4n) is 3.81. The zero-order valence-corrected chi connectivity index (χ0v) is 15.7. The molecule has 2 fully saturated rings. The van der Waals surface area contributed by atoms with E-state index in [2.05, 4.69) is 25.2 Å². The summed E-state index contributed by atoms with van der Waals surface area (Å²) in [7, 11) is 0. The van der Waals surface area contributed by atoms with Crippen LogP contribution in [0.4, 0.5) is 5.82 Å². The zero-order chi connectivity index (χ0) is 19.3. The molecule has 0 unspecified atom stereocenters. The zero-order valence-electron chi connectivity index (χ0n) is 15.7. The molecule has 146 valence electrons. The van der Waals surface area contributed by atoms with Gasteiger partial charge >= 0.3 is 0 Å². The molecule has 0 aromatic carbocycles. The average Bonchev–Trinajstić information content (AvgIpc) is 3.10. The molecule has 0 spiro atoms. The average molecular weight is 380 g/mol. The number of amides is 2. The van der Waals surface area contributed by atoms with E-state index >= 15 is 0 Å². The monoisotopic (exact) mass is 380 g/mol. The van der Waals surface area contributed by atoms with Gasteiger partial charge in [0.25, 0.3) is 0 Å². The van der Waals surface area contributed by atoms with E-state index < -0.39 is 0 Å². The van der Waals surface area contributed by atoms with Gasteiger partial charge < -0.3 is 15.1 Å². The normalized spacial score (nSPS) is 20.4. The fourth-order valence-corrected chi connectivity index (χ4v) is 3.81. The highest BCUT2D eigenvalue weighted by molar-refractivity contribution is 5.89. The summed E-state index contributed by atoms with van der Waals surface area (Å²) in [6.45, 7) is 2.58. The van der Waals surface area contributed by atoms with Crippen LogP contribution in [-0.2, 0) is 16.1 Å². The molecule has 2 aliphatic heterocycles. The van der Waals surface area contributed by atoms with Gasteiger partial charge in [-0.1, -0.05) is 6.07 Å². The lowest BCUT2D eigenvalue weighted by atomic mass is 10.0. The highest BCUT2D eigenvalue weighted by Gasteiger charge is 2.35. The van der Waals surface area contributed by atoms with Crippen LogP contribution < -0.4 is 10.2 Å². The molecular formula is C20H24N6O2. The van der Waals surface area contributed by atoms with E-state index in [1.165, 1.54) is 0 Å². The van der Waals surface area contributed by atoms with Crippen LogP contribution in [0.5, 0.6) is 0 Å². The summed E-state index contributed by atoms with van der Waals surface area (Å²) in [5.74, 6) is 0.589. The fraction of sp³-hybridized carbons (Fsp3) is 0.450. The molecule has 8 nitrogen and oxygen atoms in total. The summed E-state index contributed by atoms with van der Waals surface area (Å²) in [5, 5.41) is 3.14. The van der Waals surface area contributed by atoms with Crippen molar-refractivity contribution in [1.82, 2.24) is 25.2 Å². The topological polar surface area (TPSA) is 91.3 Å². The number of pyridine rings is 1. The third-order valence-corrected chi connectivity index (χ3v) is 5.38. The molecular weight excluding hydrogens is 356 g/mol. The van der Waals surface area contributed by atoms with Crippen molar-refractivity contribution >= 4 is 17.6 Å². The van der Waals surface area contributed by atoms with Crippen molar-refractivity contribution in [3.8, 4) is 0 Å². The number of aromatic nitrogens is 3. The lowest BCUT2D eigenvalue weighted by Crippen LogP contribution is -2.47. The SMILES string of the molecule is O=C(NC1CCN(c2cnccn2)CC1)[C@@H]1CC(=O)N(Cc2ccccn2)C1. The number of nitrogens with zero attached hydrogens (tertiary/aromatic N) is 5. The van der Waals surface area contributed by atoms with Crippen LogP contribution in [0, 0.1) is 5.92 Å². The summed E-state index contributed by atoms with van der Waals surface area (Å²) in [6.07, 6.45) is 8.83. The molecule has 0 saturated carbocycles. The number of hydrogen-bond acceptors (Lipinski definition) is 6. The van der Waals surface area contributed by atoms with Gasteiger partial charge in [0.2, 0.25) is 11.8 Å². The van der Waals surface area contributed by atoms with E-state index in [-0.39, 0.29) is 30.2 Å². The van der Waals surface area contributed by atoms with Crippen LogP contribution in [0.1, 0.15) is 25.0 Å². The molecule has 2 saturated heterocycles. The highest BCUT2D eigenvalue weighted by Crippen LogP contribution is 2.21. The smallest absolute Gasteiger partial charge is 0.225 e. The van der Waals surface area contributed by atoms with E-state index in [1.54, 1.807) is 29.7 Å². The van der Waals surface area contributed by atoms with Gasteiger partial charge in [-0.25, -0.2) is 4.98 Å². The molecule has 2 aliphatic rings. The van der Waals surface area contributed by atoms with Gasteiger partial charge in [-0.3, -0.25) is 19.6 Å². The Morgan fingerprint density at radius 2 is 2.00 bits per heavy atom. The number of likely N-dealkylation sites (tertiary alicyclic amines) is 1. The maximum Gasteiger partial charge on any atom is 0.225 e. The number of anilines is 1. The minimum atomic E-state index is -0.283. The van der Waals surface area contributed by atoms with Crippen LogP contribution in [-0.4, -0.2) is 57.3 Å². The molecule has 1 atom stereocenters. The number of hydrogen-bond donors (Lipinski definition) is 1. The Labute approximate surface area is 164 Å². The highest BCUT2D eigenvalue weighted by atomic mass is 16.2. The molecule has 2 amide bonds. The number of piperidine rings is 1. The molecule has 28 heavy (non-hydrogen) atoms. The second-order valence-electron chi connectivity index (χ2n) is 7.33. The number of nitrogens with one attached hydrogen (secondary N) is 1. The van der Waals surface area contributed by atoms with Crippen molar-refractivity contribution in [3.63, 3.8) is 0 Å². The van der Waals surface area contributed by atoms with Crippen molar-refractivity contribution in [2.24, 2.45) is 5.92 Å². The molecule has 0 bridgehead atoms. The van der Waals surface area contributed by atoms with Crippen LogP contribution in [0.15, 0.2) is 43.0 Å². The van der Waals surface area contributed by atoms with Gasteiger partial charge in [0.15, 0.2) is 0 Å². The van der Waals surface area contributed by atoms with Crippen LogP contribution in [0.25, 0.3) is 0 Å². The largest absolute Gasteiger partial charge is 0.355 e. The van der Waals surface area contributed by atoms with Gasteiger partial charge in [-0.05, 0) is 25.0 Å². The Balaban J connectivity index is 1.26. The van der Waals surface area contributed by atoms with E-state index in [9.17, 15) is 9.59 Å². The summed E-state index contributed by atoms with van der Waals surface area (Å²) in [4.78, 5) is 41.6. The Morgan fingerprint density at radius 3 is 2.71 bits per heavy atom. The first kappa shape index (κ1) is 18.3. The number of rotatable bonds is 5. The van der Waals surface area contributed by atoms with Crippen molar-refractivity contribution < 1.29 is 9.59 Å². The first-order valence-electron chi connectivity index (χ1n) is 9.68. The first-order valence-corrected chi connectivity index (χ1v) is 9.68. The van der Waals surface area contributed by atoms with Crippen molar-refractivity contribution in [3.05, 3.63) is 48.7 Å².